The Bertz CT molecular complexity index is 244. The molecule has 0 aromatic rings. The molecular weight excluding hydrogens is 146 g/mol. The summed E-state index contributed by atoms with van der Waals surface area (Å²) in [5.74, 6) is 0. The molecule has 12 heavy (non-hydrogen) atoms. The third kappa shape index (κ3) is 2.97. The highest BCUT2D eigenvalue weighted by Gasteiger charge is 1.91. The van der Waals surface area contributed by atoms with E-state index >= 15 is 0 Å². The van der Waals surface area contributed by atoms with Gasteiger partial charge in [-0.25, -0.2) is 0 Å². The molecule has 0 aromatic heterocycles. The summed E-state index contributed by atoms with van der Waals surface area (Å²) in [7, 11) is 0. The second-order valence-corrected chi connectivity index (χ2v) is 1.97. The van der Waals surface area contributed by atoms with Gasteiger partial charge >= 0.3 is 0 Å². The molecule has 0 unspecified atom stereocenters. The molecule has 0 aromatic carbocycles. The summed E-state index contributed by atoms with van der Waals surface area (Å²) in [6.07, 6.45) is 8.23. The smallest absolute Gasteiger partial charge is 0.0695 e. The lowest BCUT2D eigenvalue weighted by Gasteiger charge is -1.96. The maximum Gasteiger partial charge on any atom is 0.0695 e. The number of hydrogen-bond donors (Lipinski definition) is 0. The Hall–Kier alpha value is -1.63. The van der Waals surface area contributed by atoms with E-state index in [-0.39, 0.29) is 0 Å². The van der Waals surface area contributed by atoms with E-state index < -0.39 is 0 Å². The molecule has 1 nitrogen and oxygen atoms in total. The van der Waals surface area contributed by atoms with Crippen molar-refractivity contribution in [3.63, 3.8) is 0 Å². The van der Waals surface area contributed by atoms with Crippen LogP contribution in [-0.2, 0) is 0 Å². The topological polar surface area (TPSA) is 12.4 Å². The molecule has 0 aliphatic heterocycles. The standard InChI is InChI=1S/C11H13N/c1-5-9-12-11(8-4)10(6-2)7-3/h5-9H,1-4H2. The van der Waals surface area contributed by atoms with Crippen molar-refractivity contribution in [2.24, 2.45) is 4.99 Å². The van der Waals surface area contributed by atoms with Gasteiger partial charge in [0, 0.05) is 6.21 Å². The number of nitrogens with zero attached hydrogens (tertiary/aromatic N) is 1. The summed E-state index contributed by atoms with van der Waals surface area (Å²) >= 11 is 0. The maximum atomic E-state index is 4.08. The van der Waals surface area contributed by atoms with Crippen molar-refractivity contribution in [3.8, 4) is 0 Å². The molecule has 0 spiro atoms. The van der Waals surface area contributed by atoms with Crippen LogP contribution >= 0.6 is 0 Å². The van der Waals surface area contributed by atoms with Gasteiger partial charge in [0.25, 0.3) is 0 Å². The SMILES string of the molecule is C=CC=NC(C=C)=C(C=C)C=C. The van der Waals surface area contributed by atoms with E-state index in [4.69, 9.17) is 0 Å². The summed E-state index contributed by atoms with van der Waals surface area (Å²) < 4.78 is 0. The minimum absolute atomic E-state index is 0.750. The van der Waals surface area contributed by atoms with Crippen LogP contribution in [0.15, 0.2) is 66.9 Å². The van der Waals surface area contributed by atoms with E-state index in [1.54, 1.807) is 30.5 Å². The largest absolute Gasteiger partial charge is 0.256 e. The highest BCUT2D eigenvalue weighted by molar-refractivity contribution is 5.72. The summed E-state index contributed by atoms with van der Waals surface area (Å²) in [5.41, 5.74) is 1.61. The molecule has 0 aliphatic carbocycles. The Morgan fingerprint density at radius 3 is 1.83 bits per heavy atom. The quantitative estimate of drug-likeness (QED) is 0.432. The van der Waals surface area contributed by atoms with Crippen LogP contribution in [0.5, 0.6) is 0 Å². The van der Waals surface area contributed by atoms with Crippen LogP contribution in [0.4, 0.5) is 0 Å². The molecule has 0 saturated heterocycles. The van der Waals surface area contributed by atoms with Gasteiger partial charge in [-0.15, -0.1) is 0 Å². The highest BCUT2D eigenvalue weighted by Crippen LogP contribution is 2.08. The van der Waals surface area contributed by atoms with E-state index in [1.165, 1.54) is 0 Å². The van der Waals surface area contributed by atoms with Gasteiger partial charge in [0.1, 0.15) is 0 Å². The van der Waals surface area contributed by atoms with Crippen LogP contribution in [0.1, 0.15) is 0 Å². The van der Waals surface area contributed by atoms with Gasteiger partial charge in [-0.3, -0.25) is 4.99 Å². The number of allylic oxidation sites excluding steroid dienone is 5. The number of aliphatic imine (C=N–C) groups is 1. The van der Waals surface area contributed by atoms with Crippen molar-refractivity contribution < 1.29 is 0 Å². The molecule has 0 N–H and O–H groups in total. The van der Waals surface area contributed by atoms with Crippen molar-refractivity contribution in [1.82, 2.24) is 0 Å². The predicted molar refractivity (Wildman–Crippen MR) is 56.3 cm³/mol. The van der Waals surface area contributed by atoms with Crippen LogP contribution in [0, 0.1) is 0 Å². The average molecular weight is 159 g/mol. The molecule has 1 heteroatoms. The van der Waals surface area contributed by atoms with Crippen LogP contribution in [0.25, 0.3) is 0 Å². The molecule has 0 atom stereocenters. The minimum atomic E-state index is 0.750. The molecule has 0 radical (unpaired) electrons. The second kappa shape index (κ2) is 6.10. The van der Waals surface area contributed by atoms with Crippen molar-refractivity contribution in [3.05, 3.63) is 61.9 Å². The molecule has 0 aliphatic rings. The zero-order chi connectivity index (χ0) is 9.40. The fourth-order valence-corrected chi connectivity index (χ4v) is 0.671. The predicted octanol–water partition coefficient (Wildman–Crippen LogP) is 3.06. The van der Waals surface area contributed by atoms with E-state index in [1.807, 2.05) is 0 Å². The third-order valence-corrected chi connectivity index (χ3v) is 1.25. The Kier molecular flexibility index (Phi) is 5.28. The van der Waals surface area contributed by atoms with E-state index in [2.05, 4.69) is 31.3 Å². The molecule has 0 rings (SSSR count). The van der Waals surface area contributed by atoms with Gasteiger partial charge in [-0.1, -0.05) is 44.5 Å². The normalized spacial score (nSPS) is 9.00. The maximum absolute atomic E-state index is 4.08. The van der Waals surface area contributed by atoms with Crippen LogP contribution < -0.4 is 0 Å². The lowest BCUT2D eigenvalue weighted by molar-refractivity contribution is 1.39. The first-order valence-corrected chi connectivity index (χ1v) is 3.56. The van der Waals surface area contributed by atoms with Crippen molar-refractivity contribution in [2.45, 2.75) is 0 Å². The molecule has 0 fully saturated rings. The van der Waals surface area contributed by atoms with Gasteiger partial charge < -0.3 is 0 Å². The summed E-state index contributed by atoms with van der Waals surface area (Å²) in [6.45, 7) is 14.4. The van der Waals surface area contributed by atoms with Crippen LogP contribution in [0.3, 0.4) is 0 Å². The van der Waals surface area contributed by atoms with Crippen molar-refractivity contribution >= 4 is 6.21 Å². The van der Waals surface area contributed by atoms with Gasteiger partial charge in [0.05, 0.1) is 5.70 Å². The van der Waals surface area contributed by atoms with Gasteiger partial charge in [0.15, 0.2) is 0 Å². The fourth-order valence-electron chi connectivity index (χ4n) is 0.671. The van der Waals surface area contributed by atoms with Gasteiger partial charge in [-0.2, -0.15) is 0 Å². The van der Waals surface area contributed by atoms with Gasteiger partial charge in [-0.05, 0) is 11.6 Å². The second-order valence-electron chi connectivity index (χ2n) is 1.97. The van der Waals surface area contributed by atoms with Crippen molar-refractivity contribution in [2.75, 3.05) is 0 Å². The molecule has 0 amide bonds. The first kappa shape index (κ1) is 10.4. The molecule has 0 heterocycles. The average Bonchev–Trinajstić information content (AvgIpc) is 2.12. The minimum Gasteiger partial charge on any atom is -0.256 e. The summed E-state index contributed by atoms with van der Waals surface area (Å²) in [6, 6.07) is 0. The number of rotatable bonds is 5. The monoisotopic (exact) mass is 159 g/mol. The first-order chi connectivity index (χ1) is 5.79. The van der Waals surface area contributed by atoms with Crippen LogP contribution in [0.2, 0.25) is 0 Å². The van der Waals surface area contributed by atoms with E-state index in [0.717, 1.165) is 11.3 Å². The van der Waals surface area contributed by atoms with E-state index in [0.29, 0.717) is 0 Å². The fraction of sp³-hybridized carbons (Fsp3) is 0. The number of hydrogen-bond acceptors (Lipinski definition) is 1. The molecule has 62 valence electrons. The highest BCUT2D eigenvalue weighted by atomic mass is 14.7. The Balaban J connectivity index is 4.93. The lowest BCUT2D eigenvalue weighted by atomic mass is 10.2. The third-order valence-electron chi connectivity index (χ3n) is 1.25. The Morgan fingerprint density at radius 1 is 0.917 bits per heavy atom. The molecular formula is C11H13N. The zero-order valence-electron chi connectivity index (χ0n) is 7.16. The molecule has 0 saturated carbocycles. The lowest BCUT2D eigenvalue weighted by Crippen LogP contribution is -1.79. The molecule has 0 bridgehead atoms. The van der Waals surface area contributed by atoms with Gasteiger partial charge in [0.2, 0.25) is 0 Å². The van der Waals surface area contributed by atoms with Crippen LogP contribution in [-0.4, -0.2) is 6.21 Å². The zero-order valence-corrected chi connectivity index (χ0v) is 7.16. The summed E-state index contributed by atoms with van der Waals surface area (Å²) in [4.78, 5) is 4.08. The van der Waals surface area contributed by atoms with E-state index in [9.17, 15) is 0 Å². The first-order valence-electron chi connectivity index (χ1n) is 3.56. The Labute approximate surface area is 73.8 Å². The summed E-state index contributed by atoms with van der Waals surface area (Å²) in [5, 5.41) is 0. The Morgan fingerprint density at radius 2 is 1.50 bits per heavy atom. The van der Waals surface area contributed by atoms with Crippen molar-refractivity contribution in [1.29, 1.82) is 0 Å².